The van der Waals surface area contributed by atoms with Crippen LogP contribution in [0.5, 0.6) is 0 Å². The van der Waals surface area contributed by atoms with Crippen LogP contribution >= 0.6 is 43.5 Å². The molecule has 4 heteroatoms. The molecule has 0 aromatic carbocycles. The number of hydrogen-bond acceptors (Lipinski definition) is 1. The Morgan fingerprint density at radius 1 is 1.45 bits per heavy atom. The van der Waals surface area contributed by atoms with Gasteiger partial charge in [0, 0.05) is 6.20 Å². The molecule has 0 saturated heterocycles. The SMILES string of the molecule is Clc1ccc(C=C(Br)Br)cn1. The molecule has 0 amide bonds. The zero-order valence-corrected chi connectivity index (χ0v) is 9.32. The van der Waals surface area contributed by atoms with E-state index < -0.39 is 0 Å². The first-order valence-electron chi connectivity index (χ1n) is 2.83. The van der Waals surface area contributed by atoms with Crippen molar-refractivity contribution in [1.82, 2.24) is 4.98 Å². The van der Waals surface area contributed by atoms with E-state index in [1.54, 1.807) is 12.3 Å². The van der Waals surface area contributed by atoms with Gasteiger partial charge in [-0.25, -0.2) is 4.98 Å². The lowest BCUT2D eigenvalue weighted by Gasteiger charge is -1.91. The van der Waals surface area contributed by atoms with Crippen LogP contribution in [0.3, 0.4) is 0 Å². The molecule has 0 fully saturated rings. The molecule has 11 heavy (non-hydrogen) atoms. The lowest BCUT2D eigenvalue weighted by atomic mass is 10.3. The Labute approximate surface area is 86.7 Å². The zero-order valence-electron chi connectivity index (χ0n) is 5.39. The van der Waals surface area contributed by atoms with E-state index in [4.69, 9.17) is 11.6 Å². The largest absolute Gasteiger partial charge is 0.244 e. The fourth-order valence-electron chi connectivity index (χ4n) is 0.599. The van der Waals surface area contributed by atoms with Crippen LogP contribution in [0.2, 0.25) is 5.15 Å². The van der Waals surface area contributed by atoms with Gasteiger partial charge in [0.25, 0.3) is 0 Å². The molecule has 0 aliphatic rings. The third-order valence-corrected chi connectivity index (χ3v) is 1.71. The van der Waals surface area contributed by atoms with E-state index in [1.165, 1.54) is 0 Å². The Hall–Kier alpha value is 0.140. The number of hydrogen-bond donors (Lipinski definition) is 0. The molecule has 1 nitrogen and oxygen atoms in total. The molecule has 0 radical (unpaired) electrons. The third-order valence-electron chi connectivity index (χ3n) is 1.03. The minimum atomic E-state index is 0.507. The van der Waals surface area contributed by atoms with E-state index in [2.05, 4.69) is 36.8 Å². The Bertz CT molecular complexity index is 264. The molecule has 0 spiro atoms. The number of nitrogens with zero attached hydrogens (tertiary/aromatic N) is 1. The second-order valence-corrected chi connectivity index (χ2v) is 5.01. The Balaban J connectivity index is 2.91. The first kappa shape index (κ1) is 9.23. The number of halogens is 3. The van der Waals surface area contributed by atoms with Crippen LogP contribution in [-0.2, 0) is 0 Å². The molecule has 1 aromatic rings. The summed E-state index contributed by atoms with van der Waals surface area (Å²) in [5.41, 5.74) is 0.998. The monoisotopic (exact) mass is 295 g/mol. The minimum Gasteiger partial charge on any atom is -0.244 e. The van der Waals surface area contributed by atoms with Crippen molar-refractivity contribution in [3.63, 3.8) is 0 Å². The van der Waals surface area contributed by atoms with Crippen molar-refractivity contribution in [2.24, 2.45) is 0 Å². The summed E-state index contributed by atoms with van der Waals surface area (Å²) in [5, 5.41) is 0.507. The second kappa shape index (κ2) is 4.24. The average Bonchev–Trinajstić information content (AvgIpc) is 1.93. The topological polar surface area (TPSA) is 12.9 Å². The lowest BCUT2D eigenvalue weighted by Crippen LogP contribution is -1.75. The van der Waals surface area contributed by atoms with E-state index in [1.807, 2.05) is 12.1 Å². The fourth-order valence-corrected chi connectivity index (χ4v) is 1.24. The van der Waals surface area contributed by atoms with Crippen molar-refractivity contribution < 1.29 is 0 Å². The Morgan fingerprint density at radius 2 is 2.18 bits per heavy atom. The first-order valence-corrected chi connectivity index (χ1v) is 4.79. The number of pyridine rings is 1. The highest BCUT2D eigenvalue weighted by atomic mass is 79.9. The van der Waals surface area contributed by atoms with E-state index in [-0.39, 0.29) is 0 Å². The van der Waals surface area contributed by atoms with Gasteiger partial charge in [-0.3, -0.25) is 0 Å². The van der Waals surface area contributed by atoms with Gasteiger partial charge in [-0.2, -0.15) is 0 Å². The summed E-state index contributed by atoms with van der Waals surface area (Å²) in [6.45, 7) is 0. The zero-order chi connectivity index (χ0) is 8.27. The van der Waals surface area contributed by atoms with E-state index in [0.717, 1.165) is 8.96 Å². The third kappa shape index (κ3) is 3.36. The highest BCUT2D eigenvalue weighted by molar-refractivity contribution is 9.28. The van der Waals surface area contributed by atoms with Gasteiger partial charge in [0.15, 0.2) is 0 Å². The van der Waals surface area contributed by atoms with Crippen LogP contribution in [0.1, 0.15) is 5.56 Å². The van der Waals surface area contributed by atoms with Crippen molar-refractivity contribution in [3.8, 4) is 0 Å². The maximum absolute atomic E-state index is 5.59. The molecule has 1 rings (SSSR count). The normalized spacial score (nSPS) is 9.36. The van der Waals surface area contributed by atoms with Crippen molar-refractivity contribution >= 4 is 49.5 Å². The van der Waals surface area contributed by atoms with E-state index in [9.17, 15) is 0 Å². The van der Waals surface area contributed by atoms with Crippen LogP contribution in [0.15, 0.2) is 21.7 Å². The van der Waals surface area contributed by atoms with Gasteiger partial charge >= 0.3 is 0 Å². The van der Waals surface area contributed by atoms with Gasteiger partial charge in [0.1, 0.15) is 5.15 Å². The smallest absolute Gasteiger partial charge is 0.129 e. The molecule has 0 aliphatic heterocycles. The van der Waals surface area contributed by atoms with Gasteiger partial charge in [0.2, 0.25) is 0 Å². The standard InChI is InChI=1S/C7H4Br2ClN/c8-6(9)3-5-1-2-7(10)11-4-5/h1-4H. The van der Waals surface area contributed by atoms with Gasteiger partial charge in [0.05, 0.1) is 3.39 Å². The fraction of sp³-hybridized carbons (Fsp3) is 0. The van der Waals surface area contributed by atoms with Crippen molar-refractivity contribution in [1.29, 1.82) is 0 Å². The number of rotatable bonds is 1. The summed E-state index contributed by atoms with van der Waals surface area (Å²) in [6, 6.07) is 3.63. The lowest BCUT2D eigenvalue weighted by molar-refractivity contribution is 1.32. The van der Waals surface area contributed by atoms with Crippen LogP contribution < -0.4 is 0 Å². The summed E-state index contributed by atoms with van der Waals surface area (Å²) in [6.07, 6.45) is 3.59. The van der Waals surface area contributed by atoms with E-state index >= 15 is 0 Å². The van der Waals surface area contributed by atoms with Crippen LogP contribution in [0.25, 0.3) is 6.08 Å². The molecule has 0 saturated carbocycles. The average molecular weight is 297 g/mol. The predicted molar refractivity (Wildman–Crippen MR) is 55.1 cm³/mol. The first-order chi connectivity index (χ1) is 5.18. The van der Waals surface area contributed by atoms with Gasteiger partial charge < -0.3 is 0 Å². The molecule has 1 aromatic heterocycles. The molecule has 58 valence electrons. The quantitative estimate of drug-likeness (QED) is 0.718. The Kier molecular flexibility index (Phi) is 3.55. The highest BCUT2D eigenvalue weighted by Gasteiger charge is 1.90. The van der Waals surface area contributed by atoms with E-state index in [0.29, 0.717) is 5.15 Å². The van der Waals surface area contributed by atoms with Crippen LogP contribution in [-0.4, -0.2) is 4.98 Å². The highest BCUT2D eigenvalue weighted by Crippen LogP contribution is 2.17. The molecule has 1 heterocycles. The van der Waals surface area contributed by atoms with Crippen LogP contribution in [0, 0.1) is 0 Å². The molecule has 0 bridgehead atoms. The van der Waals surface area contributed by atoms with Crippen molar-refractivity contribution in [3.05, 3.63) is 32.4 Å². The Morgan fingerprint density at radius 3 is 2.64 bits per heavy atom. The summed E-state index contributed by atoms with van der Waals surface area (Å²) in [4.78, 5) is 3.91. The van der Waals surface area contributed by atoms with Gasteiger partial charge in [-0.05, 0) is 49.6 Å². The molecule has 0 atom stereocenters. The molecule has 0 aliphatic carbocycles. The van der Waals surface area contributed by atoms with Gasteiger partial charge in [-0.1, -0.05) is 17.7 Å². The molecular formula is C7H4Br2ClN. The summed E-state index contributed by atoms with van der Waals surface area (Å²) < 4.78 is 0.883. The summed E-state index contributed by atoms with van der Waals surface area (Å²) in [7, 11) is 0. The van der Waals surface area contributed by atoms with Crippen molar-refractivity contribution in [2.45, 2.75) is 0 Å². The minimum absolute atomic E-state index is 0.507. The maximum atomic E-state index is 5.59. The molecular weight excluding hydrogens is 293 g/mol. The maximum Gasteiger partial charge on any atom is 0.129 e. The second-order valence-electron chi connectivity index (χ2n) is 1.85. The molecule has 0 unspecified atom stereocenters. The summed E-state index contributed by atoms with van der Waals surface area (Å²) >= 11 is 12.1. The predicted octanol–water partition coefficient (Wildman–Crippen LogP) is 3.82. The molecule has 0 N–H and O–H groups in total. The van der Waals surface area contributed by atoms with Crippen molar-refractivity contribution in [2.75, 3.05) is 0 Å². The number of aromatic nitrogens is 1. The van der Waals surface area contributed by atoms with Crippen LogP contribution in [0.4, 0.5) is 0 Å². The van der Waals surface area contributed by atoms with Gasteiger partial charge in [-0.15, -0.1) is 0 Å². The summed E-state index contributed by atoms with van der Waals surface area (Å²) in [5.74, 6) is 0.